The second-order valence-corrected chi connectivity index (χ2v) is 6.74. The summed E-state index contributed by atoms with van der Waals surface area (Å²) in [7, 11) is 0. The number of hydrogen-bond acceptors (Lipinski definition) is 2. The predicted octanol–water partition coefficient (Wildman–Crippen LogP) is 3.88. The van der Waals surface area contributed by atoms with Crippen LogP contribution in [0.5, 0.6) is 0 Å². The summed E-state index contributed by atoms with van der Waals surface area (Å²) in [5.74, 6) is -0.182. The molecule has 5 heteroatoms. The number of rotatable bonds is 3. The van der Waals surface area contributed by atoms with Gasteiger partial charge in [0, 0.05) is 22.6 Å². The Hall–Kier alpha value is -0.160. The van der Waals surface area contributed by atoms with Crippen LogP contribution in [0.3, 0.4) is 0 Å². The maximum atomic E-state index is 13.5. The van der Waals surface area contributed by atoms with Gasteiger partial charge in [0.2, 0.25) is 0 Å². The molecule has 1 aliphatic rings. The van der Waals surface area contributed by atoms with Crippen LogP contribution in [-0.4, -0.2) is 23.5 Å². The van der Waals surface area contributed by atoms with Crippen LogP contribution >= 0.6 is 28.3 Å². The molecule has 1 fully saturated rings. The number of hydrogen-bond donors (Lipinski definition) is 1. The van der Waals surface area contributed by atoms with Gasteiger partial charge >= 0.3 is 0 Å². The monoisotopic (exact) mass is 350 g/mol. The van der Waals surface area contributed by atoms with E-state index in [1.165, 1.54) is 6.07 Å². The first-order chi connectivity index (χ1) is 8.35. The lowest BCUT2D eigenvalue weighted by Gasteiger charge is -2.31. The molecule has 0 spiro atoms. The van der Waals surface area contributed by atoms with E-state index in [-0.39, 0.29) is 23.8 Å². The normalized spacial score (nSPS) is 20.4. The molecule has 0 radical (unpaired) electrons. The van der Waals surface area contributed by atoms with Crippen molar-refractivity contribution in [1.82, 2.24) is 4.90 Å². The second kappa shape index (κ2) is 6.53. The summed E-state index contributed by atoms with van der Waals surface area (Å²) < 4.78 is 14.3. The van der Waals surface area contributed by atoms with Crippen molar-refractivity contribution in [3.05, 3.63) is 34.1 Å². The lowest BCUT2D eigenvalue weighted by molar-refractivity contribution is 0.211. The minimum absolute atomic E-state index is 0. The highest BCUT2D eigenvalue weighted by Crippen LogP contribution is 2.34. The fourth-order valence-corrected chi connectivity index (χ4v) is 3.17. The molecule has 1 saturated heterocycles. The minimum atomic E-state index is -0.215. The van der Waals surface area contributed by atoms with Gasteiger partial charge in [-0.1, -0.05) is 15.9 Å². The summed E-state index contributed by atoms with van der Waals surface area (Å²) in [6.07, 6.45) is 2.22. The molecule has 0 aliphatic carbocycles. The summed E-state index contributed by atoms with van der Waals surface area (Å²) in [5, 5.41) is 0. The third-order valence-corrected chi connectivity index (χ3v) is 3.70. The fourth-order valence-electron chi connectivity index (χ4n) is 2.68. The van der Waals surface area contributed by atoms with Gasteiger partial charge in [-0.05, 0) is 57.0 Å². The van der Waals surface area contributed by atoms with Gasteiger partial charge in [-0.3, -0.25) is 4.90 Å². The Morgan fingerprint density at radius 3 is 2.68 bits per heavy atom. The van der Waals surface area contributed by atoms with Gasteiger partial charge in [-0.25, -0.2) is 4.39 Å². The van der Waals surface area contributed by atoms with Gasteiger partial charge in [-0.2, -0.15) is 0 Å². The highest BCUT2D eigenvalue weighted by molar-refractivity contribution is 9.10. The number of nitrogens with zero attached hydrogens (tertiary/aromatic N) is 1. The third kappa shape index (κ3) is 4.71. The fraction of sp³-hybridized carbons (Fsp3) is 0.571. The molecule has 1 aromatic carbocycles. The molecule has 0 aromatic heterocycles. The summed E-state index contributed by atoms with van der Waals surface area (Å²) in [4.78, 5) is 2.36. The number of benzene rings is 1. The van der Waals surface area contributed by atoms with Crippen LogP contribution in [0.4, 0.5) is 4.39 Å². The Kier molecular flexibility index (Phi) is 5.80. The highest BCUT2D eigenvalue weighted by atomic mass is 79.9. The van der Waals surface area contributed by atoms with Crippen molar-refractivity contribution in [3.8, 4) is 0 Å². The molecule has 1 unspecified atom stereocenters. The van der Waals surface area contributed by atoms with Crippen LogP contribution in [0, 0.1) is 5.82 Å². The van der Waals surface area contributed by atoms with Crippen LogP contribution in [0.25, 0.3) is 0 Å². The Morgan fingerprint density at radius 2 is 2.11 bits per heavy atom. The van der Waals surface area contributed by atoms with Crippen molar-refractivity contribution in [1.29, 1.82) is 0 Å². The maximum Gasteiger partial charge on any atom is 0.124 e. The zero-order chi connectivity index (χ0) is 13.3. The minimum Gasteiger partial charge on any atom is -0.324 e. The molecular weight excluding hydrogens is 331 g/mol. The van der Waals surface area contributed by atoms with Crippen molar-refractivity contribution >= 4 is 28.3 Å². The molecule has 0 amide bonds. The molecule has 19 heavy (non-hydrogen) atoms. The molecule has 1 aromatic rings. The summed E-state index contributed by atoms with van der Waals surface area (Å²) in [6.45, 7) is 5.94. The quantitative estimate of drug-likeness (QED) is 0.895. The highest BCUT2D eigenvalue weighted by Gasteiger charge is 2.29. The third-order valence-electron chi connectivity index (χ3n) is 3.24. The van der Waals surface area contributed by atoms with E-state index in [4.69, 9.17) is 5.73 Å². The molecule has 108 valence electrons. The summed E-state index contributed by atoms with van der Waals surface area (Å²) >= 11 is 3.36. The average molecular weight is 352 g/mol. The van der Waals surface area contributed by atoms with Crippen molar-refractivity contribution in [2.45, 2.75) is 38.3 Å². The molecule has 1 heterocycles. The maximum absolute atomic E-state index is 13.5. The van der Waals surface area contributed by atoms with E-state index in [0.29, 0.717) is 6.04 Å². The number of halogens is 3. The average Bonchev–Trinajstić information content (AvgIpc) is 2.61. The molecular formula is C14H21BrClFN2. The van der Waals surface area contributed by atoms with E-state index in [2.05, 4.69) is 20.8 Å². The van der Waals surface area contributed by atoms with E-state index >= 15 is 0 Å². The molecule has 2 nitrogen and oxygen atoms in total. The zero-order valence-electron chi connectivity index (χ0n) is 11.3. The van der Waals surface area contributed by atoms with Crippen LogP contribution in [0.2, 0.25) is 0 Å². The van der Waals surface area contributed by atoms with Gasteiger partial charge in [0.25, 0.3) is 0 Å². The standard InChI is InChI=1S/C14H20BrFN2.ClH/c1-14(2,17)9-18-5-3-4-13(18)10-6-11(15)8-12(16)7-10;/h6-8,13H,3-5,9,17H2,1-2H3;1H. The van der Waals surface area contributed by atoms with E-state index < -0.39 is 0 Å². The SMILES string of the molecule is CC(C)(N)CN1CCCC1c1cc(F)cc(Br)c1.Cl. The van der Waals surface area contributed by atoms with E-state index in [1.54, 1.807) is 6.07 Å². The number of likely N-dealkylation sites (tertiary alicyclic amines) is 1. The predicted molar refractivity (Wildman–Crippen MR) is 83.2 cm³/mol. The lowest BCUT2D eigenvalue weighted by Crippen LogP contribution is -2.45. The van der Waals surface area contributed by atoms with Crippen molar-refractivity contribution < 1.29 is 4.39 Å². The Bertz CT molecular complexity index is 414. The molecule has 1 aliphatic heterocycles. The van der Waals surface area contributed by atoms with Crippen LogP contribution in [-0.2, 0) is 0 Å². The Morgan fingerprint density at radius 1 is 1.42 bits per heavy atom. The lowest BCUT2D eigenvalue weighted by atomic mass is 10.0. The van der Waals surface area contributed by atoms with Crippen molar-refractivity contribution in [2.24, 2.45) is 5.73 Å². The Balaban J connectivity index is 0.00000180. The summed E-state index contributed by atoms with van der Waals surface area (Å²) in [6, 6.07) is 5.43. The number of nitrogens with two attached hydrogens (primary N) is 1. The molecule has 0 saturated carbocycles. The summed E-state index contributed by atoms with van der Waals surface area (Å²) in [5.41, 5.74) is 6.92. The van der Waals surface area contributed by atoms with Gasteiger partial charge in [0.1, 0.15) is 5.82 Å². The molecule has 1 atom stereocenters. The van der Waals surface area contributed by atoms with Crippen LogP contribution in [0.15, 0.2) is 22.7 Å². The van der Waals surface area contributed by atoms with Crippen LogP contribution < -0.4 is 5.73 Å². The topological polar surface area (TPSA) is 29.3 Å². The van der Waals surface area contributed by atoms with E-state index in [9.17, 15) is 4.39 Å². The Labute approximate surface area is 129 Å². The second-order valence-electron chi connectivity index (χ2n) is 5.82. The van der Waals surface area contributed by atoms with Gasteiger partial charge in [0.05, 0.1) is 0 Å². The van der Waals surface area contributed by atoms with E-state index in [1.807, 2.05) is 19.9 Å². The van der Waals surface area contributed by atoms with Crippen molar-refractivity contribution in [2.75, 3.05) is 13.1 Å². The first-order valence-electron chi connectivity index (χ1n) is 6.34. The smallest absolute Gasteiger partial charge is 0.124 e. The first kappa shape index (κ1) is 16.9. The van der Waals surface area contributed by atoms with Gasteiger partial charge < -0.3 is 5.73 Å². The largest absolute Gasteiger partial charge is 0.324 e. The first-order valence-corrected chi connectivity index (χ1v) is 7.13. The van der Waals surface area contributed by atoms with Crippen LogP contribution in [0.1, 0.15) is 38.3 Å². The van der Waals surface area contributed by atoms with E-state index in [0.717, 1.165) is 36.0 Å². The molecule has 2 N–H and O–H groups in total. The van der Waals surface area contributed by atoms with Gasteiger partial charge in [0.15, 0.2) is 0 Å². The van der Waals surface area contributed by atoms with Gasteiger partial charge in [-0.15, -0.1) is 12.4 Å². The molecule has 0 bridgehead atoms. The molecule has 2 rings (SSSR count). The zero-order valence-corrected chi connectivity index (χ0v) is 13.7. The van der Waals surface area contributed by atoms with Crippen molar-refractivity contribution in [3.63, 3.8) is 0 Å².